The van der Waals surface area contributed by atoms with Crippen LogP contribution < -0.4 is 9.47 Å². The predicted octanol–water partition coefficient (Wildman–Crippen LogP) is 1.95. The number of ether oxygens (including phenoxy) is 3. The van der Waals surface area contributed by atoms with Gasteiger partial charge in [-0.2, -0.15) is 10.2 Å². The van der Waals surface area contributed by atoms with Crippen molar-refractivity contribution in [1.82, 2.24) is 25.0 Å². The largest absolute Gasteiger partial charge is 0.454 e. The van der Waals surface area contributed by atoms with Crippen molar-refractivity contribution in [2.75, 3.05) is 20.0 Å². The molecule has 8 nitrogen and oxygen atoms in total. The summed E-state index contributed by atoms with van der Waals surface area (Å²) in [6.45, 7) is 2.30. The molecule has 4 heterocycles. The van der Waals surface area contributed by atoms with E-state index in [1.165, 1.54) is 0 Å². The van der Waals surface area contributed by atoms with Gasteiger partial charge in [0.05, 0.1) is 13.2 Å². The molecule has 0 amide bonds. The second-order valence-corrected chi connectivity index (χ2v) is 6.17. The van der Waals surface area contributed by atoms with Gasteiger partial charge in [0.25, 0.3) is 0 Å². The molecule has 0 aliphatic carbocycles. The van der Waals surface area contributed by atoms with E-state index in [-0.39, 0.29) is 12.7 Å². The van der Waals surface area contributed by atoms with Crippen LogP contribution in [0.2, 0.25) is 0 Å². The Labute approximate surface area is 143 Å². The summed E-state index contributed by atoms with van der Waals surface area (Å²) >= 11 is 0. The van der Waals surface area contributed by atoms with Gasteiger partial charge in [-0.25, -0.2) is 9.67 Å². The Morgan fingerprint density at radius 1 is 1.20 bits per heavy atom. The van der Waals surface area contributed by atoms with Crippen molar-refractivity contribution >= 4 is 0 Å². The van der Waals surface area contributed by atoms with Crippen molar-refractivity contribution in [2.24, 2.45) is 0 Å². The SMILES string of the molecule is c1cc(-c2nc([C@@H]3CCOC3)nn2Cc2ccc3c(c2)OCO3)[nH]n1. The van der Waals surface area contributed by atoms with E-state index in [2.05, 4.69) is 10.2 Å². The number of fused-ring (bicyclic) bond motifs is 1. The Balaban J connectivity index is 1.50. The maximum atomic E-state index is 5.48. The lowest BCUT2D eigenvalue weighted by atomic mass is 10.1. The van der Waals surface area contributed by atoms with E-state index in [9.17, 15) is 0 Å². The zero-order valence-electron chi connectivity index (χ0n) is 13.5. The monoisotopic (exact) mass is 339 g/mol. The van der Waals surface area contributed by atoms with E-state index >= 15 is 0 Å². The highest BCUT2D eigenvalue weighted by Gasteiger charge is 2.25. The Morgan fingerprint density at radius 3 is 3.00 bits per heavy atom. The number of nitrogens with zero attached hydrogens (tertiary/aromatic N) is 4. The van der Waals surface area contributed by atoms with Crippen molar-refractivity contribution in [1.29, 1.82) is 0 Å². The minimum atomic E-state index is 0.250. The molecule has 5 rings (SSSR count). The van der Waals surface area contributed by atoms with Crippen molar-refractivity contribution in [3.05, 3.63) is 41.9 Å². The van der Waals surface area contributed by atoms with Crippen LogP contribution in [0.25, 0.3) is 11.5 Å². The van der Waals surface area contributed by atoms with Crippen molar-refractivity contribution in [3.8, 4) is 23.0 Å². The van der Waals surface area contributed by atoms with Crippen LogP contribution in [0.5, 0.6) is 11.5 Å². The quantitative estimate of drug-likeness (QED) is 0.782. The number of hydrogen-bond acceptors (Lipinski definition) is 6. The minimum Gasteiger partial charge on any atom is -0.454 e. The Bertz CT molecular complexity index is 884. The van der Waals surface area contributed by atoms with E-state index in [1.54, 1.807) is 6.20 Å². The predicted molar refractivity (Wildman–Crippen MR) is 87.4 cm³/mol. The molecule has 0 unspecified atom stereocenters. The molecule has 1 N–H and O–H groups in total. The van der Waals surface area contributed by atoms with Crippen molar-refractivity contribution < 1.29 is 14.2 Å². The third kappa shape index (κ3) is 2.64. The van der Waals surface area contributed by atoms with Gasteiger partial charge in [0.1, 0.15) is 5.69 Å². The molecule has 1 saturated heterocycles. The lowest BCUT2D eigenvalue weighted by molar-refractivity contribution is 0.174. The summed E-state index contributed by atoms with van der Waals surface area (Å²) in [6.07, 6.45) is 2.67. The van der Waals surface area contributed by atoms with Crippen LogP contribution in [-0.2, 0) is 11.3 Å². The number of benzene rings is 1. The van der Waals surface area contributed by atoms with Gasteiger partial charge in [-0.05, 0) is 30.2 Å². The van der Waals surface area contributed by atoms with E-state index < -0.39 is 0 Å². The van der Waals surface area contributed by atoms with Gasteiger partial charge in [0.15, 0.2) is 23.1 Å². The average molecular weight is 339 g/mol. The van der Waals surface area contributed by atoms with Crippen LogP contribution in [-0.4, -0.2) is 45.0 Å². The molecule has 1 aromatic carbocycles. The molecule has 2 aromatic heterocycles. The number of hydrogen-bond donors (Lipinski definition) is 1. The highest BCUT2D eigenvalue weighted by atomic mass is 16.7. The number of rotatable bonds is 4. The summed E-state index contributed by atoms with van der Waals surface area (Å²) in [4.78, 5) is 4.75. The van der Waals surface area contributed by atoms with E-state index in [0.717, 1.165) is 47.4 Å². The normalized spacial score (nSPS) is 18.8. The third-order valence-electron chi connectivity index (χ3n) is 4.49. The molecule has 128 valence electrons. The second-order valence-electron chi connectivity index (χ2n) is 6.17. The lowest BCUT2D eigenvalue weighted by Gasteiger charge is -2.06. The first kappa shape index (κ1) is 14.5. The van der Waals surface area contributed by atoms with Gasteiger partial charge in [-0.15, -0.1) is 0 Å². The molecule has 3 aromatic rings. The number of nitrogens with one attached hydrogen (secondary N) is 1. The fourth-order valence-corrected chi connectivity index (χ4v) is 3.17. The molecule has 0 bridgehead atoms. The van der Waals surface area contributed by atoms with Gasteiger partial charge in [0, 0.05) is 18.7 Å². The van der Waals surface area contributed by atoms with E-state index in [4.69, 9.17) is 24.3 Å². The Kier molecular flexibility index (Phi) is 3.41. The Hall–Kier alpha value is -2.87. The highest BCUT2D eigenvalue weighted by molar-refractivity contribution is 5.49. The Morgan fingerprint density at radius 2 is 2.16 bits per heavy atom. The fraction of sp³-hybridized carbons (Fsp3) is 0.353. The molecule has 2 aliphatic heterocycles. The molecular weight excluding hydrogens is 322 g/mol. The molecule has 1 fully saturated rings. The van der Waals surface area contributed by atoms with Crippen LogP contribution in [0.4, 0.5) is 0 Å². The lowest BCUT2D eigenvalue weighted by Crippen LogP contribution is -2.06. The number of H-pyrrole nitrogens is 1. The zero-order valence-corrected chi connectivity index (χ0v) is 13.5. The standard InChI is InChI=1S/C17H17N5O3/c1-2-14-15(25-10-24-14)7-11(1)8-22-17(13-3-5-18-20-13)19-16(21-22)12-4-6-23-9-12/h1-3,5,7,12H,4,6,8-10H2,(H,18,20)/t12-/m1/s1. The second kappa shape index (κ2) is 5.89. The molecule has 2 aliphatic rings. The summed E-state index contributed by atoms with van der Waals surface area (Å²) in [7, 11) is 0. The van der Waals surface area contributed by atoms with Crippen LogP contribution in [0.3, 0.4) is 0 Å². The van der Waals surface area contributed by atoms with Gasteiger partial charge >= 0.3 is 0 Å². The summed E-state index contributed by atoms with van der Waals surface area (Å²) in [6, 6.07) is 7.83. The molecular formula is C17H17N5O3. The molecule has 0 spiro atoms. The van der Waals surface area contributed by atoms with Gasteiger partial charge in [-0.1, -0.05) is 6.07 Å². The molecule has 0 radical (unpaired) electrons. The zero-order chi connectivity index (χ0) is 16.6. The maximum Gasteiger partial charge on any atom is 0.231 e. The number of aromatic amines is 1. The van der Waals surface area contributed by atoms with E-state index in [1.807, 2.05) is 28.9 Å². The van der Waals surface area contributed by atoms with E-state index in [0.29, 0.717) is 13.2 Å². The summed E-state index contributed by atoms with van der Waals surface area (Å²) < 4.78 is 18.2. The van der Waals surface area contributed by atoms with Crippen LogP contribution >= 0.6 is 0 Å². The molecule has 0 saturated carbocycles. The first-order valence-electron chi connectivity index (χ1n) is 8.27. The topological polar surface area (TPSA) is 87.1 Å². The molecule has 1 atom stereocenters. The average Bonchev–Trinajstić information content (AvgIpc) is 3.39. The van der Waals surface area contributed by atoms with Gasteiger partial charge < -0.3 is 14.2 Å². The molecule has 8 heteroatoms. The molecule has 25 heavy (non-hydrogen) atoms. The van der Waals surface area contributed by atoms with Crippen LogP contribution in [0.15, 0.2) is 30.5 Å². The smallest absolute Gasteiger partial charge is 0.231 e. The van der Waals surface area contributed by atoms with Crippen molar-refractivity contribution in [3.63, 3.8) is 0 Å². The maximum absolute atomic E-state index is 5.48. The fourth-order valence-electron chi connectivity index (χ4n) is 3.17. The highest BCUT2D eigenvalue weighted by Crippen LogP contribution is 2.33. The first-order chi connectivity index (χ1) is 12.4. The number of aromatic nitrogens is 5. The van der Waals surface area contributed by atoms with Crippen LogP contribution in [0, 0.1) is 0 Å². The summed E-state index contributed by atoms with van der Waals surface area (Å²) in [5.41, 5.74) is 1.92. The summed E-state index contributed by atoms with van der Waals surface area (Å²) in [5, 5.41) is 11.8. The first-order valence-corrected chi connectivity index (χ1v) is 8.27. The van der Waals surface area contributed by atoms with Gasteiger partial charge in [-0.3, -0.25) is 5.10 Å². The van der Waals surface area contributed by atoms with Crippen molar-refractivity contribution in [2.45, 2.75) is 18.9 Å². The summed E-state index contributed by atoms with van der Waals surface area (Å²) in [5.74, 6) is 3.39. The third-order valence-corrected chi connectivity index (χ3v) is 4.49. The van der Waals surface area contributed by atoms with Crippen LogP contribution in [0.1, 0.15) is 23.7 Å². The minimum absolute atomic E-state index is 0.250. The van der Waals surface area contributed by atoms with Gasteiger partial charge in [0.2, 0.25) is 6.79 Å².